The topological polar surface area (TPSA) is 50.4 Å². The van der Waals surface area contributed by atoms with Gasteiger partial charge in [0.15, 0.2) is 0 Å². The first kappa shape index (κ1) is 15.4. The van der Waals surface area contributed by atoms with Gasteiger partial charge in [-0.15, -0.1) is 0 Å². The Morgan fingerprint density at radius 3 is 2.90 bits per heavy atom. The summed E-state index contributed by atoms with van der Waals surface area (Å²) in [7, 11) is 0. The molecule has 1 aromatic carbocycles. The summed E-state index contributed by atoms with van der Waals surface area (Å²) in [5, 5.41) is 5.73. The molecule has 0 aromatic heterocycles. The fraction of sp³-hybridized carbons (Fsp3) is 0.471. The van der Waals surface area contributed by atoms with Gasteiger partial charge in [0.05, 0.1) is 18.7 Å². The van der Waals surface area contributed by atoms with Crippen LogP contribution in [0.15, 0.2) is 30.3 Å². The van der Waals surface area contributed by atoms with Gasteiger partial charge < -0.3 is 15.4 Å². The van der Waals surface area contributed by atoms with Crippen LogP contribution in [0.25, 0.3) is 0 Å². The molecule has 1 aliphatic rings. The van der Waals surface area contributed by atoms with Gasteiger partial charge in [0.2, 0.25) is 0 Å². The van der Waals surface area contributed by atoms with Gasteiger partial charge in [0.25, 0.3) is 0 Å². The first-order valence-electron chi connectivity index (χ1n) is 7.49. The van der Waals surface area contributed by atoms with E-state index in [1.807, 2.05) is 30.3 Å². The van der Waals surface area contributed by atoms with Crippen LogP contribution < -0.4 is 10.6 Å². The number of benzene rings is 1. The second-order valence-electron chi connectivity index (χ2n) is 5.06. The standard InChI is InChI=1S/C17H22N2O2/c1-2-15(16-11-7-13-21-16)19-17(20)18-12-6-10-14-8-4-3-5-9-14/h3-5,8-9,15-16H,2,7,11-13H2,1H3,(H2,18,19,20)/t15-,16-/m1/s1. The van der Waals surface area contributed by atoms with Crippen molar-refractivity contribution in [3.63, 3.8) is 0 Å². The summed E-state index contributed by atoms with van der Waals surface area (Å²) < 4.78 is 5.62. The molecule has 0 radical (unpaired) electrons. The van der Waals surface area contributed by atoms with E-state index in [-0.39, 0.29) is 18.2 Å². The summed E-state index contributed by atoms with van der Waals surface area (Å²) in [4.78, 5) is 11.8. The Hall–Kier alpha value is -1.99. The van der Waals surface area contributed by atoms with E-state index in [2.05, 4.69) is 29.4 Å². The Bertz CT molecular complexity index is 499. The third kappa shape index (κ3) is 5.13. The van der Waals surface area contributed by atoms with Crippen LogP contribution in [0, 0.1) is 11.8 Å². The maximum Gasteiger partial charge on any atom is 0.315 e. The molecular weight excluding hydrogens is 264 g/mol. The maximum atomic E-state index is 11.8. The Morgan fingerprint density at radius 2 is 2.24 bits per heavy atom. The van der Waals surface area contributed by atoms with Gasteiger partial charge >= 0.3 is 6.03 Å². The highest BCUT2D eigenvalue weighted by atomic mass is 16.5. The molecular formula is C17H22N2O2. The van der Waals surface area contributed by atoms with Gasteiger partial charge in [-0.25, -0.2) is 4.79 Å². The largest absolute Gasteiger partial charge is 0.376 e. The van der Waals surface area contributed by atoms with E-state index >= 15 is 0 Å². The van der Waals surface area contributed by atoms with Crippen molar-refractivity contribution in [2.75, 3.05) is 13.2 Å². The van der Waals surface area contributed by atoms with Crippen LogP contribution in [-0.2, 0) is 4.74 Å². The summed E-state index contributed by atoms with van der Waals surface area (Å²) in [5.74, 6) is 5.95. The molecule has 1 heterocycles. The molecule has 4 nitrogen and oxygen atoms in total. The Balaban J connectivity index is 1.73. The van der Waals surface area contributed by atoms with E-state index in [4.69, 9.17) is 4.74 Å². The van der Waals surface area contributed by atoms with Crippen molar-refractivity contribution in [1.82, 2.24) is 10.6 Å². The number of carbonyl (C=O) groups is 1. The summed E-state index contributed by atoms with van der Waals surface area (Å²) in [6, 6.07) is 9.62. The lowest BCUT2D eigenvalue weighted by molar-refractivity contribution is 0.0797. The van der Waals surface area contributed by atoms with Crippen molar-refractivity contribution in [2.24, 2.45) is 0 Å². The lowest BCUT2D eigenvalue weighted by atomic mass is 10.1. The minimum absolute atomic E-state index is 0.0783. The SMILES string of the molecule is CC[C@@H](NC(=O)NCC#Cc1ccccc1)[C@H]1CCCO1. The minimum Gasteiger partial charge on any atom is -0.376 e. The van der Waals surface area contributed by atoms with E-state index in [0.29, 0.717) is 6.54 Å². The normalized spacial score (nSPS) is 18.4. The molecule has 0 aliphatic carbocycles. The molecule has 0 bridgehead atoms. The summed E-state index contributed by atoms with van der Waals surface area (Å²) in [6.07, 6.45) is 3.11. The number of urea groups is 1. The monoisotopic (exact) mass is 286 g/mol. The van der Waals surface area contributed by atoms with E-state index < -0.39 is 0 Å². The van der Waals surface area contributed by atoms with E-state index in [1.54, 1.807) is 0 Å². The van der Waals surface area contributed by atoms with Crippen molar-refractivity contribution in [3.8, 4) is 11.8 Å². The Kier molecular flexibility index (Phi) is 6.11. The molecule has 112 valence electrons. The fourth-order valence-corrected chi connectivity index (χ4v) is 2.39. The highest BCUT2D eigenvalue weighted by Gasteiger charge is 2.25. The number of ether oxygens (including phenoxy) is 1. The summed E-state index contributed by atoms with van der Waals surface area (Å²) in [5.41, 5.74) is 0.950. The number of hydrogen-bond acceptors (Lipinski definition) is 2. The van der Waals surface area contributed by atoms with Crippen LogP contribution in [0.2, 0.25) is 0 Å². The van der Waals surface area contributed by atoms with E-state index in [1.165, 1.54) is 0 Å². The number of hydrogen-bond donors (Lipinski definition) is 2. The van der Waals surface area contributed by atoms with Gasteiger partial charge in [0, 0.05) is 12.2 Å². The Labute approximate surface area is 126 Å². The van der Waals surface area contributed by atoms with Crippen LogP contribution >= 0.6 is 0 Å². The summed E-state index contributed by atoms with van der Waals surface area (Å²) >= 11 is 0. The van der Waals surface area contributed by atoms with Crippen LogP contribution in [-0.4, -0.2) is 31.3 Å². The third-order valence-electron chi connectivity index (χ3n) is 3.51. The average molecular weight is 286 g/mol. The molecule has 2 amide bonds. The zero-order chi connectivity index (χ0) is 14.9. The zero-order valence-electron chi connectivity index (χ0n) is 12.4. The van der Waals surface area contributed by atoms with Crippen LogP contribution in [0.4, 0.5) is 4.79 Å². The van der Waals surface area contributed by atoms with Crippen molar-refractivity contribution < 1.29 is 9.53 Å². The lowest BCUT2D eigenvalue weighted by Gasteiger charge is -2.22. The molecule has 1 aliphatic heterocycles. The van der Waals surface area contributed by atoms with Gasteiger partial charge in [0.1, 0.15) is 0 Å². The quantitative estimate of drug-likeness (QED) is 0.834. The van der Waals surface area contributed by atoms with Crippen molar-refractivity contribution in [3.05, 3.63) is 35.9 Å². The van der Waals surface area contributed by atoms with Crippen molar-refractivity contribution in [2.45, 2.75) is 38.3 Å². The molecule has 1 aromatic rings. The van der Waals surface area contributed by atoms with Crippen molar-refractivity contribution >= 4 is 6.03 Å². The van der Waals surface area contributed by atoms with E-state index in [9.17, 15) is 4.79 Å². The van der Waals surface area contributed by atoms with Gasteiger partial charge in [-0.2, -0.15) is 0 Å². The molecule has 0 unspecified atom stereocenters. The van der Waals surface area contributed by atoms with Crippen LogP contribution in [0.1, 0.15) is 31.7 Å². The molecule has 4 heteroatoms. The van der Waals surface area contributed by atoms with Gasteiger partial charge in [-0.1, -0.05) is 37.0 Å². The second-order valence-corrected chi connectivity index (χ2v) is 5.06. The molecule has 2 atom stereocenters. The fourth-order valence-electron chi connectivity index (χ4n) is 2.39. The van der Waals surface area contributed by atoms with Crippen LogP contribution in [0.3, 0.4) is 0 Å². The maximum absolute atomic E-state index is 11.8. The van der Waals surface area contributed by atoms with Crippen molar-refractivity contribution in [1.29, 1.82) is 0 Å². The molecule has 2 rings (SSSR count). The van der Waals surface area contributed by atoms with Gasteiger partial charge in [-0.05, 0) is 31.4 Å². The zero-order valence-corrected chi connectivity index (χ0v) is 12.4. The Morgan fingerprint density at radius 1 is 1.43 bits per heavy atom. The predicted octanol–water partition coefficient (Wildman–Crippen LogP) is 2.29. The number of rotatable bonds is 4. The minimum atomic E-state index is -0.181. The third-order valence-corrected chi connectivity index (χ3v) is 3.51. The molecule has 0 saturated carbocycles. The molecule has 0 spiro atoms. The first-order valence-corrected chi connectivity index (χ1v) is 7.49. The molecule has 2 N–H and O–H groups in total. The number of carbonyl (C=O) groups excluding carboxylic acids is 1. The lowest BCUT2D eigenvalue weighted by Crippen LogP contribution is -2.47. The van der Waals surface area contributed by atoms with Crippen LogP contribution in [0.5, 0.6) is 0 Å². The highest BCUT2D eigenvalue weighted by Crippen LogP contribution is 2.17. The highest BCUT2D eigenvalue weighted by molar-refractivity contribution is 5.74. The number of amides is 2. The van der Waals surface area contributed by atoms with Gasteiger partial charge in [-0.3, -0.25) is 0 Å². The number of nitrogens with one attached hydrogen (secondary N) is 2. The molecule has 1 saturated heterocycles. The predicted molar refractivity (Wildman–Crippen MR) is 82.9 cm³/mol. The average Bonchev–Trinajstić information content (AvgIpc) is 3.04. The second kappa shape index (κ2) is 8.33. The molecule has 21 heavy (non-hydrogen) atoms. The van der Waals surface area contributed by atoms with E-state index in [0.717, 1.165) is 31.4 Å². The molecule has 1 fully saturated rings. The summed E-state index contributed by atoms with van der Waals surface area (Å²) in [6.45, 7) is 3.19. The smallest absolute Gasteiger partial charge is 0.315 e. The first-order chi connectivity index (χ1) is 10.3.